The molecule has 0 bridgehead atoms. The smallest absolute Gasteiger partial charge is 0.352 e. The van der Waals surface area contributed by atoms with Crippen LogP contribution in [0, 0.1) is 0 Å². The van der Waals surface area contributed by atoms with Gasteiger partial charge in [-0.2, -0.15) is 9.36 Å². The maximum atomic E-state index is 12.9. The third kappa shape index (κ3) is 4.08. The Hall–Kier alpha value is -3.54. The van der Waals surface area contributed by atoms with Crippen LogP contribution in [0.1, 0.15) is 12.2 Å². The van der Waals surface area contributed by atoms with Crippen molar-refractivity contribution in [3.05, 3.63) is 28.7 Å². The zero-order chi connectivity index (χ0) is 25.6. The molecule has 7 N–H and O–H groups in total. The van der Waals surface area contributed by atoms with Crippen LogP contribution < -0.4 is 21.9 Å². The molecule has 0 aliphatic carbocycles. The van der Waals surface area contributed by atoms with Crippen LogP contribution in [0.25, 0.3) is 0 Å². The van der Waals surface area contributed by atoms with E-state index in [1.54, 1.807) is 11.0 Å². The summed E-state index contributed by atoms with van der Waals surface area (Å²) in [5.41, 5.74) is 11.6. The predicted molar refractivity (Wildman–Crippen MR) is 127 cm³/mol. The standard InChI is InChI=1S/C19H21N9O6S2/c20-19-24-13(26-36-19)10(25-34)14(29)23-11-16(31)28-12(18(32)33)8(6-35-17(11)28)3-7-1-2-27(15(7)30)9-4-21-22-5-9/h3,9,11,17,21-22,34H,1-2,4-6H2,(H,23,29)(H,32,33)(H2,20,24,26). The second-order valence-electron chi connectivity index (χ2n) is 8.28. The molecule has 3 fully saturated rings. The number of carbonyl (C=O) groups excluding carboxylic acids is 3. The average Bonchev–Trinajstić information content (AvgIpc) is 3.60. The van der Waals surface area contributed by atoms with E-state index in [0.29, 0.717) is 37.2 Å². The number of hydrogen-bond acceptors (Lipinski definition) is 13. The first-order valence-electron chi connectivity index (χ1n) is 10.8. The Balaban J connectivity index is 1.33. The average molecular weight is 536 g/mol. The fourth-order valence-corrected chi connectivity index (χ4v) is 6.23. The molecule has 36 heavy (non-hydrogen) atoms. The molecule has 0 aromatic carbocycles. The number of rotatable bonds is 6. The molecule has 4 aliphatic rings. The molecule has 3 saturated heterocycles. The van der Waals surface area contributed by atoms with E-state index in [0.717, 1.165) is 16.4 Å². The number of nitrogens with zero attached hydrogens (tertiary/aromatic N) is 5. The van der Waals surface area contributed by atoms with Gasteiger partial charge in [-0.05, 0) is 18.1 Å². The third-order valence-electron chi connectivity index (χ3n) is 6.20. The van der Waals surface area contributed by atoms with Crippen LogP contribution in [-0.2, 0) is 19.2 Å². The van der Waals surface area contributed by atoms with Crippen molar-refractivity contribution in [2.75, 3.05) is 31.1 Å². The van der Waals surface area contributed by atoms with Crippen molar-refractivity contribution in [1.82, 2.24) is 35.3 Å². The number of amides is 3. The number of aliphatic carboxylic acids is 1. The number of nitrogens with one attached hydrogen (secondary N) is 3. The molecule has 4 aliphatic heterocycles. The van der Waals surface area contributed by atoms with Crippen molar-refractivity contribution in [1.29, 1.82) is 0 Å². The lowest BCUT2D eigenvalue weighted by Gasteiger charge is -2.49. The Bertz CT molecular complexity index is 1240. The highest BCUT2D eigenvalue weighted by Gasteiger charge is 2.54. The van der Waals surface area contributed by atoms with Crippen molar-refractivity contribution in [2.45, 2.75) is 23.9 Å². The van der Waals surface area contributed by atoms with Crippen LogP contribution in [0.5, 0.6) is 0 Å². The number of likely N-dealkylation sites (tertiary alicyclic amines) is 1. The second-order valence-corrected chi connectivity index (χ2v) is 10.2. The van der Waals surface area contributed by atoms with E-state index in [2.05, 4.69) is 30.7 Å². The number of aromatic nitrogens is 2. The van der Waals surface area contributed by atoms with Gasteiger partial charge in [-0.1, -0.05) is 5.16 Å². The van der Waals surface area contributed by atoms with E-state index in [4.69, 9.17) is 5.73 Å². The molecule has 3 amide bonds. The molecular formula is C19H21N9O6S2. The zero-order valence-electron chi connectivity index (χ0n) is 18.5. The lowest BCUT2D eigenvalue weighted by atomic mass is 10.0. The van der Waals surface area contributed by atoms with Crippen molar-refractivity contribution in [3.8, 4) is 0 Å². The summed E-state index contributed by atoms with van der Waals surface area (Å²) < 4.78 is 3.81. The van der Waals surface area contributed by atoms with Crippen molar-refractivity contribution >= 4 is 57.8 Å². The Morgan fingerprint density at radius 1 is 1.28 bits per heavy atom. The summed E-state index contributed by atoms with van der Waals surface area (Å²) in [6, 6.07) is -1.03. The monoisotopic (exact) mass is 535 g/mol. The van der Waals surface area contributed by atoms with Gasteiger partial charge >= 0.3 is 5.97 Å². The van der Waals surface area contributed by atoms with Gasteiger partial charge < -0.3 is 26.3 Å². The molecule has 2 unspecified atom stereocenters. The normalized spacial score (nSPS) is 26.0. The number of hydrazine groups is 1. The second kappa shape index (κ2) is 9.49. The Kier molecular flexibility index (Phi) is 6.37. The summed E-state index contributed by atoms with van der Waals surface area (Å²) >= 11 is 2.06. The van der Waals surface area contributed by atoms with Crippen molar-refractivity contribution in [3.63, 3.8) is 0 Å². The van der Waals surface area contributed by atoms with Crippen LogP contribution in [0.3, 0.4) is 0 Å². The molecule has 1 aromatic heterocycles. The number of anilines is 1. The number of nitrogens with two attached hydrogens (primary N) is 1. The topological polar surface area (TPSA) is 215 Å². The summed E-state index contributed by atoms with van der Waals surface area (Å²) in [6.07, 6.45) is 2.05. The molecule has 5 rings (SSSR count). The van der Waals surface area contributed by atoms with Crippen molar-refractivity contribution in [2.24, 2.45) is 5.16 Å². The number of β-lactam (4-membered cyclic amide) rings is 1. The van der Waals surface area contributed by atoms with Gasteiger partial charge in [-0.3, -0.25) is 30.1 Å². The number of carbonyl (C=O) groups is 4. The largest absolute Gasteiger partial charge is 0.477 e. The van der Waals surface area contributed by atoms with E-state index in [-0.39, 0.29) is 34.4 Å². The molecule has 17 heteroatoms. The van der Waals surface area contributed by atoms with Crippen LogP contribution in [-0.4, -0.2) is 102 Å². The molecule has 2 atom stereocenters. The van der Waals surface area contributed by atoms with E-state index in [9.17, 15) is 29.5 Å². The summed E-state index contributed by atoms with van der Waals surface area (Å²) in [5.74, 6) is -2.98. The van der Waals surface area contributed by atoms with Crippen LogP contribution in [0.2, 0.25) is 0 Å². The van der Waals surface area contributed by atoms with E-state index >= 15 is 0 Å². The first-order chi connectivity index (χ1) is 17.3. The van der Waals surface area contributed by atoms with Gasteiger partial charge in [0.25, 0.3) is 11.8 Å². The lowest BCUT2D eigenvalue weighted by molar-refractivity contribution is -0.150. The molecule has 0 spiro atoms. The van der Waals surface area contributed by atoms with Gasteiger partial charge in [-0.15, -0.1) is 11.8 Å². The first-order valence-corrected chi connectivity index (χ1v) is 12.6. The minimum atomic E-state index is -1.31. The number of oxime groups is 1. The molecule has 190 valence electrons. The highest BCUT2D eigenvalue weighted by atomic mass is 32.2. The van der Waals surface area contributed by atoms with Gasteiger partial charge in [0.05, 0.1) is 6.04 Å². The Labute approximate surface area is 211 Å². The number of nitrogen functional groups attached to an aromatic ring is 1. The van der Waals surface area contributed by atoms with Gasteiger partial charge in [0.15, 0.2) is 5.13 Å². The van der Waals surface area contributed by atoms with Gasteiger partial charge in [0, 0.05) is 42.5 Å². The maximum Gasteiger partial charge on any atom is 0.352 e. The SMILES string of the molecule is Nc1nc(C(=NO)C(=O)NC2C(=O)N3C(C(=O)O)=C(C=C4CCN(C5CNNC5)C4=O)CSC23)ns1. The summed E-state index contributed by atoms with van der Waals surface area (Å²) in [6.45, 7) is 1.79. The lowest BCUT2D eigenvalue weighted by Crippen LogP contribution is -2.71. The number of carboxylic acid groups (broad SMARTS) is 1. The van der Waals surface area contributed by atoms with Crippen LogP contribution in [0.4, 0.5) is 5.13 Å². The molecule has 15 nitrogen and oxygen atoms in total. The molecule has 5 heterocycles. The fraction of sp³-hybridized carbons (Fsp3) is 0.421. The van der Waals surface area contributed by atoms with Crippen LogP contribution in [0.15, 0.2) is 28.1 Å². The summed E-state index contributed by atoms with van der Waals surface area (Å²) in [5, 5.41) is 23.9. The number of fused-ring (bicyclic) bond motifs is 1. The minimum absolute atomic E-state index is 0.0195. The molecular weight excluding hydrogens is 514 g/mol. The highest BCUT2D eigenvalue weighted by molar-refractivity contribution is 8.00. The molecule has 0 saturated carbocycles. The number of carboxylic acids is 1. The highest BCUT2D eigenvalue weighted by Crippen LogP contribution is 2.41. The Morgan fingerprint density at radius 2 is 2.03 bits per heavy atom. The summed E-state index contributed by atoms with van der Waals surface area (Å²) in [7, 11) is 0. The van der Waals surface area contributed by atoms with Gasteiger partial charge in [0.1, 0.15) is 17.1 Å². The predicted octanol–water partition coefficient (Wildman–Crippen LogP) is -2.33. The number of hydrogen-bond donors (Lipinski definition) is 6. The fourth-order valence-electron chi connectivity index (χ4n) is 4.49. The van der Waals surface area contributed by atoms with Crippen LogP contribution >= 0.6 is 23.3 Å². The first kappa shape index (κ1) is 24.2. The zero-order valence-corrected chi connectivity index (χ0v) is 20.1. The molecule has 0 radical (unpaired) electrons. The third-order valence-corrected chi connectivity index (χ3v) is 8.05. The summed E-state index contributed by atoms with van der Waals surface area (Å²) in [4.78, 5) is 57.2. The number of allylic oxidation sites excluding steroid dienone is 1. The quantitative estimate of drug-likeness (QED) is 0.0744. The van der Waals surface area contributed by atoms with E-state index < -0.39 is 34.9 Å². The number of thioether (sulfide) groups is 1. The minimum Gasteiger partial charge on any atom is -0.477 e. The van der Waals surface area contributed by atoms with E-state index in [1.807, 2.05) is 0 Å². The van der Waals surface area contributed by atoms with Gasteiger partial charge in [-0.25, -0.2) is 4.79 Å². The van der Waals surface area contributed by atoms with Crippen molar-refractivity contribution < 1.29 is 29.5 Å². The maximum absolute atomic E-state index is 12.9. The molecule has 1 aromatic rings. The Morgan fingerprint density at radius 3 is 2.67 bits per heavy atom. The van der Waals surface area contributed by atoms with E-state index in [1.165, 1.54) is 11.8 Å². The van der Waals surface area contributed by atoms with Gasteiger partial charge in [0.2, 0.25) is 17.4 Å².